The predicted molar refractivity (Wildman–Crippen MR) is 125 cm³/mol. The highest BCUT2D eigenvalue weighted by atomic mass is 28.4. The van der Waals surface area contributed by atoms with Crippen LogP contribution >= 0.6 is 0 Å². The zero-order chi connectivity index (χ0) is 24.7. The Labute approximate surface area is 196 Å². The van der Waals surface area contributed by atoms with Crippen LogP contribution in [0.2, 0.25) is 12.6 Å². The summed E-state index contributed by atoms with van der Waals surface area (Å²) in [5, 5.41) is 2.65. The minimum atomic E-state index is -2.26. The van der Waals surface area contributed by atoms with E-state index in [1.807, 2.05) is 20.4 Å². The summed E-state index contributed by atoms with van der Waals surface area (Å²) in [5.74, 6) is -1.21. The molecule has 0 aliphatic carbocycles. The normalized spacial score (nSPS) is 11.9. The first-order chi connectivity index (χ1) is 15.7. The molecule has 9 nitrogen and oxygen atoms in total. The van der Waals surface area contributed by atoms with Crippen LogP contribution in [0.3, 0.4) is 0 Å². The van der Waals surface area contributed by atoms with Crippen LogP contribution in [0.15, 0.2) is 42.5 Å². The van der Waals surface area contributed by atoms with Crippen molar-refractivity contribution in [3.63, 3.8) is 0 Å². The summed E-state index contributed by atoms with van der Waals surface area (Å²) < 4.78 is 27.1. The van der Waals surface area contributed by atoms with Crippen molar-refractivity contribution in [3.8, 4) is 0 Å². The third kappa shape index (κ3) is 11.7. The summed E-state index contributed by atoms with van der Waals surface area (Å²) in [6.07, 6.45) is -1.04. The fourth-order valence-corrected chi connectivity index (χ4v) is 5.24. The van der Waals surface area contributed by atoms with Gasteiger partial charge in [-0.25, -0.2) is 14.4 Å². The van der Waals surface area contributed by atoms with Gasteiger partial charge in [-0.05, 0) is 51.9 Å². The quantitative estimate of drug-likeness (QED) is 0.133. The van der Waals surface area contributed by atoms with Gasteiger partial charge in [0.2, 0.25) is 0 Å². The molecule has 0 fully saturated rings. The van der Waals surface area contributed by atoms with Gasteiger partial charge in [-0.1, -0.05) is 24.8 Å². The maximum Gasteiger partial charge on any atom is 0.407 e. The third-order valence-corrected chi connectivity index (χ3v) is 7.47. The largest absolute Gasteiger partial charge is 0.458 e. The number of rotatable bonds is 15. The second kappa shape index (κ2) is 15.2. The Bertz CT molecular complexity index is 765. The van der Waals surface area contributed by atoms with Crippen LogP contribution in [0, 0.1) is 0 Å². The number of carbonyl (C=O) groups is 3. The van der Waals surface area contributed by atoms with Crippen molar-refractivity contribution in [2.75, 3.05) is 33.0 Å². The van der Waals surface area contributed by atoms with Gasteiger partial charge < -0.3 is 28.4 Å². The van der Waals surface area contributed by atoms with Gasteiger partial charge in [0.15, 0.2) is 6.10 Å². The first-order valence-corrected chi connectivity index (χ1v) is 13.5. The summed E-state index contributed by atoms with van der Waals surface area (Å²) in [6.45, 7) is 11.8. The fraction of sp³-hybridized carbons (Fsp3) is 0.522. The van der Waals surface area contributed by atoms with Crippen LogP contribution in [-0.2, 0) is 27.9 Å². The van der Waals surface area contributed by atoms with Crippen LogP contribution < -0.4 is 5.32 Å². The van der Waals surface area contributed by atoms with Crippen molar-refractivity contribution >= 4 is 26.6 Å². The van der Waals surface area contributed by atoms with Gasteiger partial charge in [-0.15, -0.1) is 0 Å². The number of benzene rings is 1. The van der Waals surface area contributed by atoms with Gasteiger partial charge in [0.05, 0.1) is 5.56 Å². The molecule has 0 aliphatic heterocycles. The molecular formula is C23H35NO8Si. The molecule has 1 aromatic carbocycles. The molecule has 33 heavy (non-hydrogen) atoms. The number of ether oxygens (including phenoxy) is 3. The minimum Gasteiger partial charge on any atom is -0.458 e. The molecule has 1 atom stereocenters. The van der Waals surface area contributed by atoms with Gasteiger partial charge in [0, 0.05) is 25.3 Å². The molecule has 10 heteroatoms. The zero-order valence-electron chi connectivity index (χ0n) is 19.9. The lowest BCUT2D eigenvalue weighted by Gasteiger charge is -2.26. The maximum atomic E-state index is 12.2. The summed E-state index contributed by atoms with van der Waals surface area (Å²) in [6, 6.07) is 9.11. The summed E-state index contributed by atoms with van der Waals surface area (Å²) in [4.78, 5) is 36.1. The van der Waals surface area contributed by atoms with E-state index in [1.54, 1.807) is 30.3 Å². The SMILES string of the molecule is C=C(C)C(=O)OCC(COC(=O)c1ccccc1)OC(=O)NCCC[Si](C)(OCC)OCC. The fourth-order valence-electron chi connectivity index (χ4n) is 2.82. The molecule has 1 unspecified atom stereocenters. The van der Waals surface area contributed by atoms with E-state index in [0.717, 1.165) is 0 Å². The van der Waals surface area contributed by atoms with Crippen LogP contribution in [0.5, 0.6) is 0 Å². The Kier molecular flexibility index (Phi) is 13.1. The minimum absolute atomic E-state index is 0.204. The van der Waals surface area contributed by atoms with Crippen LogP contribution in [0.1, 0.15) is 37.6 Å². The third-order valence-electron chi connectivity index (χ3n) is 4.41. The Morgan fingerprint density at radius 3 is 2.21 bits per heavy atom. The summed E-state index contributed by atoms with van der Waals surface area (Å²) in [7, 11) is -2.26. The standard InChI is InChI=1S/C23H35NO8Si/c1-6-30-33(5,31-7-2)15-11-14-24-23(27)32-20(16-28-21(25)18(3)4)17-29-22(26)19-12-9-8-10-13-19/h8-10,12-13,20H,3,6-7,11,14-17H2,1-2,4-5H3,(H,24,27). The van der Waals surface area contributed by atoms with Gasteiger partial charge >= 0.3 is 26.6 Å². The van der Waals surface area contributed by atoms with Crippen molar-refractivity contribution in [2.24, 2.45) is 0 Å². The number of amides is 1. The van der Waals surface area contributed by atoms with Gasteiger partial charge in [0.1, 0.15) is 13.2 Å². The first kappa shape index (κ1) is 28.3. The number of alkyl carbamates (subject to hydrolysis) is 1. The highest BCUT2D eigenvalue weighted by Gasteiger charge is 2.30. The molecule has 1 aromatic rings. The van der Waals surface area contributed by atoms with Gasteiger partial charge in [-0.2, -0.15) is 0 Å². The lowest BCUT2D eigenvalue weighted by Crippen LogP contribution is -2.40. The maximum absolute atomic E-state index is 12.2. The molecule has 0 bridgehead atoms. The number of esters is 2. The molecule has 0 aliphatic rings. The van der Waals surface area contributed by atoms with Crippen molar-refractivity contribution < 1.29 is 37.4 Å². The zero-order valence-corrected chi connectivity index (χ0v) is 20.9. The van der Waals surface area contributed by atoms with Crippen LogP contribution in [0.25, 0.3) is 0 Å². The molecular weight excluding hydrogens is 446 g/mol. The molecule has 0 saturated heterocycles. The molecule has 1 rings (SSSR count). The van der Waals surface area contributed by atoms with Crippen LogP contribution in [0.4, 0.5) is 4.79 Å². The van der Waals surface area contributed by atoms with E-state index in [4.69, 9.17) is 23.1 Å². The van der Waals surface area contributed by atoms with E-state index in [-0.39, 0.29) is 18.8 Å². The molecule has 184 valence electrons. The second-order valence-corrected chi connectivity index (χ2v) is 10.7. The predicted octanol–water partition coefficient (Wildman–Crippen LogP) is 3.59. The van der Waals surface area contributed by atoms with Crippen molar-refractivity contribution in [3.05, 3.63) is 48.0 Å². The Hall–Kier alpha value is -2.69. The van der Waals surface area contributed by atoms with E-state index < -0.39 is 32.7 Å². The highest BCUT2D eigenvalue weighted by Crippen LogP contribution is 2.15. The van der Waals surface area contributed by atoms with E-state index in [2.05, 4.69) is 11.9 Å². The van der Waals surface area contributed by atoms with Gasteiger partial charge in [-0.3, -0.25) is 0 Å². The molecule has 0 aromatic heterocycles. The Morgan fingerprint density at radius 2 is 1.64 bits per heavy atom. The lowest BCUT2D eigenvalue weighted by atomic mass is 10.2. The van der Waals surface area contributed by atoms with Gasteiger partial charge in [0.25, 0.3) is 0 Å². The highest BCUT2D eigenvalue weighted by molar-refractivity contribution is 6.66. The number of hydrogen-bond acceptors (Lipinski definition) is 8. The molecule has 0 saturated carbocycles. The topological polar surface area (TPSA) is 109 Å². The smallest absolute Gasteiger partial charge is 0.407 e. The Morgan fingerprint density at radius 1 is 1.03 bits per heavy atom. The lowest BCUT2D eigenvalue weighted by molar-refractivity contribution is -0.142. The molecule has 0 heterocycles. The number of nitrogens with one attached hydrogen (secondary N) is 1. The molecule has 1 N–H and O–H groups in total. The monoisotopic (exact) mass is 481 g/mol. The van der Waals surface area contributed by atoms with E-state index >= 15 is 0 Å². The Balaban J connectivity index is 2.56. The van der Waals surface area contributed by atoms with Crippen molar-refractivity contribution in [2.45, 2.75) is 45.9 Å². The summed E-state index contributed by atoms with van der Waals surface area (Å²) in [5.41, 5.74) is 0.561. The first-order valence-electron chi connectivity index (χ1n) is 11.0. The van der Waals surface area contributed by atoms with Crippen molar-refractivity contribution in [1.29, 1.82) is 0 Å². The number of hydrogen-bond donors (Lipinski definition) is 1. The van der Waals surface area contributed by atoms with E-state index in [0.29, 0.717) is 37.8 Å². The average molecular weight is 482 g/mol. The van der Waals surface area contributed by atoms with E-state index in [1.165, 1.54) is 6.92 Å². The molecule has 0 radical (unpaired) electrons. The van der Waals surface area contributed by atoms with E-state index in [9.17, 15) is 14.4 Å². The summed E-state index contributed by atoms with van der Waals surface area (Å²) >= 11 is 0. The molecule has 1 amide bonds. The van der Waals surface area contributed by atoms with Crippen molar-refractivity contribution in [1.82, 2.24) is 5.32 Å². The molecule has 0 spiro atoms. The number of carbonyl (C=O) groups excluding carboxylic acids is 3. The average Bonchev–Trinajstić information content (AvgIpc) is 2.79. The second-order valence-electron chi connectivity index (χ2n) is 7.40. The van der Waals surface area contributed by atoms with Crippen LogP contribution in [-0.4, -0.2) is 65.7 Å².